The zero-order valence-electron chi connectivity index (χ0n) is 10.6. The van der Waals surface area contributed by atoms with Crippen LogP contribution >= 0.6 is 0 Å². The number of carboxylic acid groups (broad SMARTS) is 1. The van der Waals surface area contributed by atoms with E-state index in [4.69, 9.17) is 5.11 Å². The highest BCUT2D eigenvalue weighted by Crippen LogP contribution is 2.58. The average Bonchev–Trinajstić information content (AvgIpc) is 2.54. The first-order valence-electron chi connectivity index (χ1n) is 6.05. The zero-order valence-corrected chi connectivity index (χ0v) is 10.6. The standard InChI is InChI=1S/C12H20N2O3/c1-12(2)8(9(12)11(16)17)10(15)13-7-4-5-14(3)6-7/h7-9H,4-6H2,1-3H3,(H,13,15)(H,16,17)/t7?,8-,9+/m1/s1. The molecule has 96 valence electrons. The highest BCUT2D eigenvalue weighted by atomic mass is 16.4. The minimum Gasteiger partial charge on any atom is -0.481 e. The third-order valence-corrected chi connectivity index (χ3v) is 4.11. The summed E-state index contributed by atoms with van der Waals surface area (Å²) >= 11 is 0. The number of rotatable bonds is 3. The van der Waals surface area contributed by atoms with Crippen molar-refractivity contribution in [3.63, 3.8) is 0 Å². The van der Waals surface area contributed by atoms with Crippen LogP contribution in [0.25, 0.3) is 0 Å². The molecule has 2 N–H and O–H groups in total. The molecule has 2 rings (SSSR count). The van der Waals surface area contributed by atoms with Crippen LogP contribution in [0.5, 0.6) is 0 Å². The Bertz CT molecular complexity index is 354. The van der Waals surface area contributed by atoms with Gasteiger partial charge in [0.05, 0.1) is 11.8 Å². The molecular formula is C12H20N2O3. The van der Waals surface area contributed by atoms with Crippen molar-refractivity contribution in [1.29, 1.82) is 0 Å². The summed E-state index contributed by atoms with van der Waals surface area (Å²) in [4.78, 5) is 25.2. The van der Waals surface area contributed by atoms with Gasteiger partial charge in [0, 0.05) is 12.6 Å². The predicted octanol–water partition coefficient (Wildman–Crippen LogP) is 0.164. The molecule has 1 saturated carbocycles. The maximum Gasteiger partial charge on any atom is 0.307 e. The molecule has 3 atom stereocenters. The molecular weight excluding hydrogens is 220 g/mol. The van der Waals surface area contributed by atoms with Crippen LogP contribution in [-0.4, -0.2) is 48.1 Å². The van der Waals surface area contributed by atoms with E-state index in [1.165, 1.54) is 0 Å². The van der Waals surface area contributed by atoms with Crippen LogP contribution in [0, 0.1) is 17.3 Å². The van der Waals surface area contributed by atoms with Gasteiger partial charge in [-0.25, -0.2) is 0 Å². The number of amides is 1. The maximum atomic E-state index is 12.0. The predicted molar refractivity (Wildman–Crippen MR) is 62.4 cm³/mol. The fraction of sp³-hybridized carbons (Fsp3) is 0.833. The van der Waals surface area contributed by atoms with E-state index in [1.54, 1.807) is 0 Å². The average molecular weight is 240 g/mol. The molecule has 1 heterocycles. The highest BCUT2D eigenvalue weighted by Gasteiger charge is 2.66. The second-order valence-electron chi connectivity index (χ2n) is 5.87. The van der Waals surface area contributed by atoms with Crippen LogP contribution < -0.4 is 5.32 Å². The third-order valence-electron chi connectivity index (χ3n) is 4.11. The number of aliphatic carboxylic acids is 1. The van der Waals surface area contributed by atoms with E-state index in [-0.39, 0.29) is 17.9 Å². The number of likely N-dealkylation sites (N-methyl/N-ethyl adjacent to an activating group) is 1. The van der Waals surface area contributed by atoms with Gasteiger partial charge in [-0.2, -0.15) is 0 Å². The lowest BCUT2D eigenvalue weighted by Crippen LogP contribution is -2.38. The molecule has 0 aromatic carbocycles. The van der Waals surface area contributed by atoms with E-state index in [2.05, 4.69) is 10.2 Å². The topological polar surface area (TPSA) is 69.6 Å². The smallest absolute Gasteiger partial charge is 0.307 e. The van der Waals surface area contributed by atoms with E-state index in [9.17, 15) is 9.59 Å². The molecule has 1 amide bonds. The molecule has 1 unspecified atom stereocenters. The number of hydrogen-bond acceptors (Lipinski definition) is 3. The molecule has 0 radical (unpaired) electrons. The first kappa shape index (κ1) is 12.4. The number of carboxylic acids is 1. The summed E-state index contributed by atoms with van der Waals surface area (Å²) in [6.07, 6.45) is 0.952. The second kappa shape index (κ2) is 3.98. The Balaban J connectivity index is 1.92. The van der Waals surface area contributed by atoms with Crippen molar-refractivity contribution in [2.24, 2.45) is 17.3 Å². The Hall–Kier alpha value is -1.10. The monoisotopic (exact) mass is 240 g/mol. The fourth-order valence-electron chi connectivity index (χ4n) is 2.93. The zero-order chi connectivity index (χ0) is 12.8. The van der Waals surface area contributed by atoms with Crippen molar-refractivity contribution in [3.05, 3.63) is 0 Å². The number of nitrogens with one attached hydrogen (secondary N) is 1. The van der Waals surface area contributed by atoms with E-state index in [0.29, 0.717) is 0 Å². The van der Waals surface area contributed by atoms with Crippen LogP contribution in [0.15, 0.2) is 0 Å². The minimum atomic E-state index is -0.862. The molecule has 1 saturated heterocycles. The molecule has 5 heteroatoms. The molecule has 1 aliphatic carbocycles. The minimum absolute atomic E-state index is 0.0947. The fourth-order valence-corrected chi connectivity index (χ4v) is 2.93. The van der Waals surface area contributed by atoms with Crippen molar-refractivity contribution in [2.45, 2.75) is 26.3 Å². The van der Waals surface area contributed by atoms with E-state index in [1.807, 2.05) is 20.9 Å². The van der Waals surface area contributed by atoms with Gasteiger partial charge in [-0.15, -0.1) is 0 Å². The van der Waals surface area contributed by atoms with Crippen LogP contribution in [0.3, 0.4) is 0 Å². The Morgan fingerprint density at radius 3 is 2.41 bits per heavy atom. The van der Waals surface area contributed by atoms with Gasteiger partial charge in [0.2, 0.25) is 5.91 Å². The van der Waals surface area contributed by atoms with Crippen molar-refractivity contribution in [2.75, 3.05) is 20.1 Å². The normalized spacial score (nSPS) is 35.6. The molecule has 1 aliphatic heterocycles. The molecule has 0 aromatic rings. The summed E-state index contributed by atoms with van der Waals surface area (Å²) in [5.41, 5.74) is -0.402. The quantitative estimate of drug-likeness (QED) is 0.737. The lowest BCUT2D eigenvalue weighted by Gasteiger charge is -2.13. The van der Waals surface area contributed by atoms with Crippen molar-refractivity contribution in [3.8, 4) is 0 Å². The molecule has 0 spiro atoms. The Morgan fingerprint density at radius 1 is 1.35 bits per heavy atom. The number of nitrogens with zero attached hydrogens (tertiary/aromatic N) is 1. The number of likely N-dealkylation sites (tertiary alicyclic amines) is 1. The first-order valence-corrected chi connectivity index (χ1v) is 6.05. The van der Waals surface area contributed by atoms with Crippen molar-refractivity contribution in [1.82, 2.24) is 10.2 Å². The summed E-state index contributed by atoms with van der Waals surface area (Å²) in [6, 6.07) is 0.179. The van der Waals surface area contributed by atoms with E-state index >= 15 is 0 Å². The molecule has 0 bridgehead atoms. The van der Waals surface area contributed by atoms with Crippen LogP contribution in [0.1, 0.15) is 20.3 Å². The highest BCUT2D eigenvalue weighted by molar-refractivity contribution is 5.91. The second-order valence-corrected chi connectivity index (χ2v) is 5.87. The van der Waals surface area contributed by atoms with Gasteiger partial charge < -0.3 is 15.3 Å². The number of carbonyl (C=O) groups excluding carboxylic acids is 1. The summed E-state index contributed by atoms with van der Waals surface area (Å²) in [7, 11) is 2.02. The number of carbonyl (C=O) groups is 2. The summed E-state index contributed by atoms with van der Waals surface area (Å²) in [5, 5.41) is 12.0. The lowest BCUT2D eigenvalue weighted by atomic mass is 10.1. The maximum absolute atomic E-state index is 12.0. The van der Waals surface area contributed by atoms with Gasteiger partial charge in [-0.05, 0) is 25.4 Å². The van der Waals surface area contributed by atoms with Gasteiger partial charge in [0.1, 0.15) is 0 Å². The Labute approximate surface area is 101 Å². The van der Waals surface area contributed by atoms with E-state index in [0.717, 1.165) is 19.5 Å². The van der Waals surface area contributed by atoms with E-state index < -0.39 is 17.3 Å². The molecule has 2 fully saturated rings. The van der Waals surface area contributed by atoms with Crippen molar-refractivity contribution < 1.29 is 14.7 Å². The lowest BCUT2D eigenvalue weighted by molar-refractivity contribution is -0.140. The molecule has 2 aliphatic rings. The van der Waals surface area contributed by atoms with Gasteiger partial charge in [-0.3, -0.25) is 9.59 Å². The molecule has 5 nitrogen and oxygen atoms in total. The van der Waals surface area contributed by atoms with Gasteiger partial charge in [0.15, 0.2) is 0 Å². The summed E-state index contributed by atoms with van der Waals surface area (Å²) in [5.74, 6) is -1.85. The Kier molecular flexibility index (Phi) is 2.89. The Morgan fingerprint density at radius 2 is 2.00 bits per heavy atom. The van der Waals surface area contributed by atoms with Crippen molar-refractivity contribution >= 4 is 11.9 Å². The molecule has 17 heavy (non-hydrogen) atoms. The molecule has 0 aromatic heterocycles. The summed E-state index contributed by atoms with van der Waals surface area (Å²) < 4.78 is 0. The largest absolute Gasteiger partial charge is 0.481 e. The summed E-state index contributed by atoms with van der Waals surface area (Å²) in [6.45, 7) is 5.53. The van der Waals surface area contributed by atoms with Crippen LogP contribution in [-0.2, 0) is 9.59 Å². The van der Waals surface area contributed by atoms with Crippen LogP contribution in [0.4, 0.5) is 0 Å². The SMILES string of the molecule is CN1CCC(NC(=O)[C@H]2[C@@H](C(=O)O)C2(C)C)C1. The first-order chi connectivity index (χ1) is 7.84. The number of hydrogen-bond donors (Lipinski definition) is 2. The van der Waals surface area contributed by atoms with Gasteiger partial charge in [-0.1, -0.05) is 13.8 Å². The van der Waals surface area contributed by atoms with Gasteiger partial charge in [0.25, 0.3) is 0 Å². The third kappa shape index (κ3) is 2.16. The van der Waals surface area contributed by atoms with Crippen LogP contribution in [0.2, 0.25) is 0 Å². The van der Waals surface area contributed by atoms with Gasteiger partial charge >= 0.3 is 5.97 Å².